The molecule has 5 nitrogen and oxygen atoms in total. The molecule has 1 aliphatic rings. The minimum absolute atomic E-state index is 0. The molecule has 0 aliphatic carbocycles. The smallest absolute Gasteiger partial charge is 0.253 e. The van der Waals surface area contributed by atoms with E-state index in [-0.39, 0.29) is 30.7 Å². The predicted molar refractivity (Wildman–Crippen MR) is 121 cm³/mol. The van der Waals surface area contributed by atoms with Crippen LogP contribution in [0.2, 0.25) is 0 Å². The third-order valence-electron chi connectivity index (χ3n) is 5.17. The van der Waals surface area contributed by atoms with E-state index in [1.165, 1.54) is 6.42 Å². The average Bonchev–Trinajstić information content (AvgIpc) is 2.72. The fourth-order valence-corrected chi connectivity index (χ4v) is 3.46. The molecule has 1 aromatic carbocycles. The number of benzene rings is 1. The molecule has 1 aromatic heterocycles. The third kappa shape index (κ3) is 7.50. The number of rotatable bonds is 7. The Morgan fingerprint density at radius 2 is 1.97 bits per heavy atom. The van der Waals surface area contributed by atoms with Crippen LogP contribution in [0.25, 0.3) is 0 Å². The summed E-state index contributed by atoms with van der Waals surface area (Å²) in [5.74, 6) is 1.59. The van der Waals surface area contributed by atoms with E-state index in [9.17, 15) is 4.79 Å². The molecule has 29 heavy (non-hydrogen) atoms. The van der Waals surface area contributed by atoms with Gasteiger partial charge in [0.1, 0.15) is 12.4 Å². The van der Waals surface area contributed by atoms with Gasteiger partial charge in [0.15, 0.2) is 0 Å². The van der Waals surface area contributed by atoms with Gasteiger partial charge in [-0.1, -0.05) is 12.1 Å². The van der Waals surface area contributed by atoms with E-state index in [1.54, 1.807) is 6.20 Å². The van der Waals surface area contributed by atoms with Gasteiger partial charge in [0, 0.05) is 24.3 Å². The number of halogens is 2. The molecule has 3 rings (SSSR count). The zero-order chi connectivity index (χ0) is 19.1. The Balaban J connectivity index is 0.00000210. The number of pyridine rings is 1. The number of carbonyl (C=O) groups excluding carboxylic acids is 1. The van der Waals surface area contributed by atoms with Crippen molar-refractivity contribution in [3.8, 4) is 5.75 Å². The van der Waals surface area contributed by atoms with Crippen LogP contribution >= 0.6 is 24.8 Å². The van der Waals surface area contributed by atoms with E-state index in [0.717, 1.165) is 61.0 Å². The summed E-state index contributed by atoms with van der Waals surface area (Å²) in [5, 5.41) is 3.21. The molecular weight excluding hydrogens is 409 g/mol. The Morgan fingerprint density at radius 3 is 2.62 bits per heavy atom. The van der Waals surface area contributed by atoms with E-state index in [1.807, 2.05) is 55.3 Å². The van der Waals surface area contributed by atoms with E-state index < -0.39 is 0 Å². The van der Waals surface area contributed by atoms with Crippen LogP contribution < -0.4 is 10.1 Å². The summed E-state index contributed by atoms with van der Waals surface area (Å²) >= 11 is 0. The molecule has 1 saturated heterocycles. The lowest BCUT2D eigenvalue weighted by Crippen LogP contribution is -2.39. The molecule has 1 N–H and O–H groups in total. The summed E-state index contributed by atoms with van der Waals surface area (Å²) in [6, 6.07) is 11.6. The fourth-order valence-electron chi connectivity index (χ4n) is 3.46. The normalized spacial score (nSPS) is 13.9. The summed E-state index contributed by atoms with van der Waals surface area (Å²) in [5.41, 5.74) is 2.70. The standard InChI is InChI=1S/C22H29N3O2.2ClH/c1-17-6-7-21(15-24-17)27-16-19-4-3-5-20(14-19)22(26)25-12-9-18(10-13-25)8-11-23-2;;/h3-7,14-15,18,23H,8-13,16H2,1-2H3;2*1H. The number of likely N-dealkylation sites (tertiary alicyclic amines) is 1. The number of ether oxygens (including phenoxy) is 1. The van der Waals surface area contributed by atoms with Crippen molar-refractivity contribution >= 4 is 30.7 Å². The van der Waals surface area contributed by atoms with Gasteiger partial charge in [-0.15, -0.1) is 24.8 Å². The topological polar surface area (TPSA) is 54.5 Å². The van der Waals surface area contributed by atoms with Crippen molar-refractivity contribution in [2.75, 3.05) is 26.7 Å². The number of hydrogen-bond acceptors (Lipinski definition) is 4. The zero-order valence-corrected chi connectivity index (χ0v) is 18.7. The number of hydrogen-bond donors (Lipinski definition) is 1. The quantitative estimate of drug-likeness (QED) is 0.699. The zero-order valence-electron chi connectivity index (χ0n) is 17.1. The highest BCUT2D eigenvalue weighted by Crippen LogP contribution is 2.22. The van der Waals surface area contributed by atoms with Gasteiger partial charge in [-0.3, -0.25) is 9.78 Å². The maximum Gasteiger partial charge on any atom is 0.253 e. The first-order chi connectivity index (χ1) is 13.2. The molecular formula is C22H31Cl2N3O2. The van der Waals surface area contributed by atoms with Crippen molar-refractivity contribution in [2.24, 2.45) is 5.92 Å². The Hall–Kier alpha value is -1.82. The van der Waals surface area contributed by atoms with E-state index >= 15 is 0 Å². The highest BCUT2D eigenvalue weighted by molar-refractivity contribution is 5.94. The van der Waals surface area contributed by atoms with Crippen LogP contribution in [0.1, 0.15) is 40.9 Å². The number of aromatic nitrogens is 1. The highest BCUT2D eigenvalue weighted by Gasteiger charge is 2.23. The van der Waals surface area contributed by atoms with Gasteiger partial charge in [-0.05, 0) is 75.5 Å². The minimum atomic E-state index is 0. The first kappa shape index (κ1) is 25.2. The summed E-state index contributed by atoms with van der Waals surface area (Å²) < 4.78 is 5.79. The van der Waals surface area contributed by atoms with Crippen LogP contribution in [0, 0.1) is 12.8 Å². The van der Waals surface area contributed by atoms with Gasteiger partial charge >= 0.3 is 0 Å². The van der Waals surface area contributed by atoms with Crippen LogP contribution in [0.3, 0.4) is 0 Å². The van der Waals surface area contributed by atoms with Gasteiger partial charge in [0.05, 0.1) is 6.20 Å². The summed E-state index contributed by atoms with van der Waals surface area (Å²) in [4.78, 5) is 19.1. The van der Waals surface area contributed by atoms with Crippen LogP contribution in [0.15, 0.2) is 42.6 Å². The molecule has 2 heterocycles. The predicted octanol–water partition coefficient (Wildman–Crippen LogP) is 4.27. The second-order valence-electron chi connectivity index (χ2n) is 7.25. The van der Waals surface area contributed by atoms with Gasteiger partial charge in [0.25, 0.3) is 5.91 Å². The molecule has 0 spiro atoms. The van der Waals surface area contributed by atoms with E-state index in [0.29, 0.717) is 6.61 Å². The molecule has 160 valence electrons. The number of nitrogens with one attached hydrogen (secondary N) is 1. The number of nitrogens with zero attached hydrogens (tertiary/aromatic N) is 2. The lowest BCUT2D eigenvalue weighted by Gasteiger charge is -2.32. The minimum Gasteiger partial charge on any atom is -0.487 e. The summed E-state index contributed by atoms with van der Waals surface area (Å²) in [7, 11) is 1.99. The van der Waals surface area contributed by atoms with Crippen LogP contribution in [-0.2, 0) is 6.61 Å². The Morgan fingerprint density at radius 1 is 1.21 bits per heavy atom. The number of carbonyl (C=O) groups is 1. The molecule has 1 amide bonds. The lowest BCUT2D eigenvalue weighted by atomic mass is 9.93. The van der Waals surface area contributed by atoms with Gasteiger partial charge < -0.3 is 15.0 Å². The second-order valence-corrected chi connectivity index (χ2v) is 7.25. The van der Waals surface area contributed by atoms with Gasteiger partial charge in [-0.2, -0.15) is 0 Å². The monoisotopic (exact) mass is 439 g/mol. The summed E-state index contributed by atoms with van der Waals surface area (Å²) in [6.07, 6.45) is 5.11. The molecule has 1 aliphatic heterocycles. The largest absolute Gasteiger partial charge is 0.487 e. The third-order valence-corrected chi connectivity index (χ3v) is 5.17. The average molecular weight is 440 g/mol. The van der Waals surface area contributed by atoms with Crippen molar-refractivity contribution in [3.63, 3.8) is 0 Å². The fraction of sp³-hybridized carbons (Fsp3) is 0.455. The van der Waals surface area contributed by atoms with Crippen molar-refractivity contribution in [1.29, 1.82) is 0 Å². The second kappa shape index (κ2) is 12.7. The van der Waals surface area contributed by atoms with Crippen LogP contribution in [0.5, 0.6) is 5.75 Å². The number of aryl methyl sites for hydroxylation is 1. The molecule has 1 fully saturated rings. The Bertz CT molecular complexity index is 748. The first-order valence-electron chi connectivity index (χ1n) is 9.74. The van der Waals surface area contributed by atoms with Crippen LogP contribution in [0.4, 0.5) is 0 Å². The van der Waals surface area contributed by atoms with Crippen molar-refractivity contribution in [3.05, 3.63) is 59.4 Å². The highest BCUT2D eigenvalue weighted by atomic mass is 35.5. The van der Waals surface area contributed by atoms with E-state index in [2.05, 4.69) is 10.3 Å². The Kier molecular flexibility index (Phi) is 11.0. The molecule has 7 heteroatoms. The summed E-state index contributed by atoms with van der Waals surface area (Å²) in [6.45, 7) is 5.13. The van der Waals surface area contributed by atoms with Gasteiger partial charge in [0.2, 0.25) is 0 Å². The molecule has 0 unspecified atom stereocenters. The maximum atomic E-state index is 12.8. The lowest BCUT2D eigenvalue weighted by molar-refractivity contribution is 0.0687. The SMILES string of the molecule is CNCCC1CCN(C(=O)c2cccc(COc3ccc(C)nc3)c2)CC1.Cl.Cl. The number of amides is 1. The maximum absolute atomic E-state index is 12.8. The van der Waals surface area contributed by atoms with Crippen LogP contribution in [-0.4, -0.2) is 42.5 Å². The van der Waals surface area contributed by atoms with Crippen molar-refractivity contribution in [2.45, 2.75) is 32.8 Å². The molecule has 0 radical (unpaired) electrons. The molecule has 0 bridgehead atoms. The molecule has 0 saturated carbocycles. The van der Waals surface area contributed by atoms with Crippen molar-refractivity contribution in [1.82, 2.24) is 15.2 Å². The first-order valence-corrected chi connectivity index (χ1v) is 9.74. The van der Waals surface area contributed by atoms with E-state index in [4.69, 9.17) is 4.74 Å². The van der Waals surface area contributed by atoms with Crippen molar-refractivity contribution < 1.29 is 9.53 Å². The molecule has 2 aromatic rings. The molecule has 0 atom stereocenters. The van der Waals surface area contributed by atoms with Gasteiger partial charge in [-0.25, -0.2) is 0 Å². The number of piperidine rings is 1. The Labute approximate surface area is 186 Å².